The highest BCUT2D eigenvalue weighted by Gasteiger charge is 2.34. The van der Waals surface area contributed by atoms with Gasteiger partial charge in [-0.1, -0.05) is 58.5 Å². The monoisotopic (exact) mass is 1180 g/mol. The van der Waals surface area contributed by atoms with Gasteiger partial charge in [0.2, 0.25) is 24.1 Å². The van der Waals surface area contributed by atoms with Gasteiger partial charge >= 0.3 is 49.5 Å². The number of hydrogen-bond donors (Lipinski definition) is 4. The van der Waals surface area contributed by atoms with Crippen LogP contribution in [0.4, 0.5) is 76.7 Å². The van der Waals surface area contributed by atoms with Gasteiger partial charge in [-0.3, -0.25) is 40.4 Å². The number of hydrogen-bond acceptors (Lipinski definition) is 20. The summed E-state index contributed by atoms with van der Waals surface area (Å²) >= 11 is 0. The molecule has 36 heteroatoms. The summed E-state index contributed by atoms with van der Waals surface area (Å²) in [5, 5.41) is 37.4. The number of benzene rings is 4. The van der Waals surface area contributed by atoms with Crippen molar-refractivity contribution in [2.24, 2.45) is 0 Å². The van der Waals surface area contributed by atoms with Gasteiger partial charge in [-0.15, -0.1) is 73.1 Å². The van der Waals surface area contributed by atoms with Crippen molar-refractivity contribution in [3.05, 3.63) is 143 Å². The number of ether oxygens (including phenoxy) is 4. The Labute approximate surface area is 449 Å². The Hall–Kier alpha value is -10.3. The molecule has 0 fully saturated rings. The quantitative estimate of drug-likeness (QED) is 0.0693. The number of rotatable bonds is 15. The number of carbonyl (C=O) groups is 4. The van der Waals surface area contributed by atoms with Crippen LogP contribution < -0.4 is 40.2 Å². The predicted octanol–water partition coefficient (Wildman–Crippen LogP) is 10.7. The van der Waals surface area contributed by atoms with Crippen LogP contribution in [0.5, 0.6) is 23.0 Å². The van der Waals surface area contributed by atoms with Crippen LogP contribution in [0.25, 0.3) is 0 Å². The van der Waals surface area contributed by atoms with E-state index in [0.717, 1.165) is 61.3 Å². The molecule has 0 atom stereocenters. The second-order valence-corrected chi connectivity index (χ2v) is 15.1. The maximum Gasteiger partial charge on any atom is 0.573 e. The van der Waals surface area contributed by atoms with E-state index in [1.54, 1.807) is 6.92 Å². The molecule has 0 radical (unpaired) electrons. The Morgan fingerprint density at radius 2 is 0.768 bits per heavy atom. The number of carbonyl (C=O) groups excluding carboxylic acids is 4. The first-order valence-corrected chi connectivity index (χ1v) is 22.4. The Bertz CT molecular complexity index is 3370. The first-order chi connectivity index (χ1) is 38.5. The fourth-order valence-electron chi connectivity index (χ4n) is 5.66. The van der Waals surface area contributed by atoms with E-state index >= 15 is 0 Å². The second kappa shape index (κ2) is 28.0. The summed E-state index contributed by atoms with van der Waals surface area (Å²) in [4.78, 5) is 47.2. The third kappa shape index (κ3) is 22.6. The average molecular weight is 1180 g/mol. The van der Waals surface area contributed by atoms with Gasteiger partial charge in [0.25, 0.3) is 23.6 Å². The number of anilines is 4. The number of amides is 4. The Morgan fingerprint density at radius 3 is 1.06 bits per heavy atom. The molecular weight excluding hydrogens is 1140 g/mol. The molecule has 0 aliphatic heterocycles. The van der Waals surface area contributed by atoms with Gasteiger partial charge in [-0.25, -0.2) is 0 Å². The van der Waals surface area contributed by atoms with Crippen molar-refractivity contribution in [3.8, 4) is 23.0 Å². The molecular formula is C46H36F12N12O12. The fourth-order valence-corrected chi connectivity index (χ4v) is 5.66. The minimum Gasteiger partial charge on any atom is -0.411 e. The molecule has 24 nitrogen and oxygen atoms in total. The Balaban J connectivity index is 0.000000201. The molecule has 4 heterocycles. The summed E-state index contributed by atoms with van der Waals surface area (Å²) in [7, 11) is 0. The van der Waals surface area contributed by atoms with Crippen molar-refractivity contribution in [1.82, 2.24) is 40.8 Å². The van der Waals surface area contributed by atoms with Gasteiger partial charge in [-0.05, 0) is 79.2 Å². The molecule has 4 amide bonds. The van der Waals surface area contributed by atoms with Crippen molar-refractivity contribution in [2.75, 3.05) is 21.3 Å². The maximum atomic E-state index is 12.1. The Kier molecular flexibility index (Phi) is 21.4. The number of nitrogens with zero attached hydrogens (tertiary/aromatic N) is 8. The van der Waals surface area contributed by atoms with E-state index in [-0.39, 0.29) is 52.2 Å². The molecule has 0 unspecified atom stereocenters. The summed E-state index contributed by atoms with van der Waals surface area (Å²) in [5.74, 6) is -3.78. The molecule has 4 aromatic carbocycles. The average Bonchev–Trinajstić information content (AvgIpc) is 4.25. The lowest BCUT2D eigenvalue weighted by Crippen LogP contribution is -2.18. The highest BCUT2D eigenvalue weighted by atomic mass is 19.4. The van der Waals surface area contributed by atoms with Gasteiger partial charge in [-0.2, -0.15) is 0 Å². The summed E-state index contributed by atoms with van der Waals surface area (Å²) in [6.07, 6.45) is -16.4. The standard InChI is InChI=1S/C13H12F3N3O3.C12H10F3N3O3.C11H8F3N3O3.C10H6F3N3O3/c1-2-4-10-18-19-12(21-10)17-11(20)8-5-3-6-9(7-8)22-13(14,15)16;1-2-9-17-18-11(20-9)16-10(19)7-4-3-5-8(6-7)21-12(13,14)15;1-6-16-17-10(19-6)15-9(18)7-3-2-4-8(5-7)20-11(12,13)14;11-10(12,13)19-7-3-1-2-6(4-7)8(17)15-9-16-14-5-18-9/h3,5-7H,2,4H2,1H3,(H,17,19,20);3-6H,2H2,1H3,(H,16,18,19);2-5H,1H3,(H,15,17,18);1-5H,(H,15,16,17). The molecule has 0 spiro atoms. The van der Waals surface area contributed by atoms with Gasteiger partial charge in [0.1, 0.15) is 23.0 Å². The third-order valence-electron chi connectivity index (χ3n) is 8.79. The lowest BCUT2D eigenvalue weighted by atomic mass is 10.2. The molecule has 0 saturated carbocycles. The van der Waals surface area contributed by atoms with Gasteiger partial charge < -0.3 is 36.6 Å². The SMILES string of the molecule is CCCc1nnc(NC(=O)c2cccc(OC(F)(F)F)c2)o1.CCc1nnc(NC(=O)c2cccc(OC(F)(F)F)c2)o1.Cc1nnc(NC(=O)c2cccc(OC(F)(F)F)c2)o1.O=C(Nc1nnco1)c1cccc(OC(F)(F)F)c1. The molecule has 4 aromatic heterocycles. The van der Waals surface area contributed by atoms with Crippen molar-refractivity contribution < 1.29 is 108 Å². The largest absolute Gasteiger partial charge is 0.573 e. The van der Waals surface area contributed by atoms with Crippen LogP contribution in [0.3, 0.4) is 0 Å². The van der Waals surface area contributed by atoms with Crippen LogP contribution in [0.2, 0.25) is 0 Å². The second-order valence-electron chi connectivity index (χ2n) is 15.1. The molecule has 436 valence electrons. The zero-order valence-electron chi connectivity index (χ0n) is 41.4. The van der Waals surface area contributed by atoms with Crippen LogP contribution in [0.1, 0.15) is 79.4 Å². The van der Waals surface area contributed by atoms with Crippen LogP contribution in [0.15, 0.2) is 121 Å². The highest BCUT2D eigenvalue weighted by Crippen LogP contribution is 2.28. The van der Waals surface area contributed by atoms with Crippen LogP contribution in [-0.4, -0.2) is 89.9 Å². The molecule has 82 heavy (non-hydrogen) atoms. The first kappa shape index (κ1) is 62.5. The Morgan fingerprint density at radius 1 is 0.439 bits per heavy atom. The molecule has 0 saturated heterocycles. The van der Waals surface area contributed by atoms with E-state index in [1.165, 1.54) is 55.5 Å². The third-order valence-corrected chi connectivity index (χ3v) is 8.79. The number of aryl methyl sites for hydroxylation is 3. The van der Waals surface area contributed by atoms with Gasteiger partial charge in [0, 0.05) is 42.0 Å². The smallest absolute Gasteiger partial charge is 0.411 e. The zero-order chi connectivity index (χ0) is 60.3. The van der Waals surface area contributed by atoms with Gasteiger partial charge in [0.15, 0.2) is 0 Å². The van der Waals surface area contributed by atoms with Crippen molar-refractivity contribution >= 4 is 47.7 Å². The number of nitrogens with one attached hydrogen (secondary N) is 4. The molecule has 0 aliphatic rings. The predicted molar refractivity (Wildman–Crippen MR) is 250 cm³/mol. The van der Waals surface area contributed by atoms with Crippen molar-refractivity contribution in [2.45, 2.75) is 65.5 Å². The van der Waals surface area contributed by atoms with E-state index in [4.69, 9.17) is 13.3 Å². The molecule has 4 N–H and O–H groups in total. The van der Waals surface area contributed by atoms with E-state index in [2.05, 4.69) is 85.4 Å². The number of alkyl halides is 12. The van der Waals surface area contributed by atoms with E-state index < -0.39 is 72.1 Å². The summed E-state index contributed by atoms with van der Waals surface area (Å²) in [6, 6.07) is 18.0. The lowest BCUT2D eigenvalue weighted by molar-refractivity contribution is -0.275. The lowest BCUT2D eigenvalue weighted by Gasteiger charge is -2.09. The van der Waals surface area contributed by atoms with E-state index in [0.29, 0.717) is 24.6 Å². The number of aromatic nitrogens is 8. The zero-order valence-corrected chi connectivity index (χ0v) is 41.4. The highest BCUT2D eigenvalue weighted by molar-refractivity contribution is 6.05. The van der Waals surface area contributed by atoms with Crippen LogP contribution in [0, 0.1) is 6.92 Å². The molecule has 0 bridgehead atoms. The summed E-state index contributed by atoms with van der Waals surface area (Å²) < 4.78 is 180. The minimum absolute atomic E-state index is 0.0306. The molecule has 8 aromatic rings. The maximum absolute atomic E-state index is 12.1. The van der Waals surface area contributed by atoms with Crippen LogP contribution in [-0.2, 0) is 12.8 Å². The number of halogens is 12. The van der Waals surface area contributed by atoms with Crippen molar-refractivity contribution in [1.29, 1.82) is 0 Å². The van der Waals surface area contributed by atoms with E-state index in [9.17, 15) is 71.9 Å². The fraction of sp³-hybridized carbons (Fsp3) is 0.217. The molecule has 0 aliphatic carbocycles. The summed E-state index contributed by atoms with van der Waals surface area (Å²) in [5.41, 5.74) is -0.146. The first-order valence-electron chi connectivity index (χ1n) is 22.4. The molecule has 8 rings (SSSR count). The van der Waals surface area contributed by atoms with E-state index in [1.807, 2.05) is 6.92 Å². The summed E-state index contributed by atoms with van der Waals surface area (Å²) in [6.45, 7) is 5.24. The van der Waals surface area contributed by atoms with Gasteiger partial charge in [0.05, 0.1) is 0 Å². The minimum atomic E-state index is -4.82. The van der Waals surface area contributed by atoms with Crippen LogP contribution >= 0.6 is 0 Å². The normalized spacial score (nSPS) is 11.2. The topological polar surface area (TPSA) is 309 Å². The van der Waals surface area contributed by atoms with Crippen molar-refractivity contribution in [3.63, 3.8) is 0 Å².